The molecule has 4 aromatic rings. The van der Waals surface area contributed by atoms with E-state index in [1.54, 1.807) is 36.0 Å². The minimum Gasteiger partial charge on any atom is -0.490 e. The predicted molar refractivity (Wildman–Crippen MR) is 148 cm³/mol. The lowest BCUT2D eigenvalue weighted by Gasteiger charge is -2.14. The van der Waals surface area contributed by atoms with Crippen molar-refractivity contribution in [2.45, 2.75) is 11.8 Å². The third-order valence-corrected chi connectivity index (χ3v) is 6.87. The zero-order chi connectivity index (χ0) is 25.6. The number of para-hydroxylation sites is 1. The molecule has 1 heterocycles. The highest BCUT2D eigenvalue weighted by atomic mass is 32.2. The molecule has 0 aromatic heterocycles. The number of fused-ring (bicyclic) bond motifs is 1. The van der Waals surface area contributed by atoms with Gasteiger partial charge in [-0.1, -0.05) is 60.7 Å². The number of anilines is 1. The van der Waals surface area contributed by atoms with Crippen LogP contribution in [0.1, 0.15) is 12.5 Å². The largest absolute Gasteiger partial charge is 0.490 e. The quantitative estimate of drug-likeness (QED) is 0.132. The summed E-state index contributed by atoms with van der Waals surface area (Å²) >= 11 is 1.75. The summed E-state index contributed by atoms with van der Waals surface area (Å²) in [6.07, 6.45) is 1.57. The number of nitrogens with zero attached hydrogens (tertiary/aromatic N) is 1. The number of carbonyl (C=O) groups is 2. The van der Waals surface area contributed by atoms with E-state index in [-0.39, 0.29) is 5.57 Å². The molecule has 1 aliphatic rings. The zero-order valence-corrected chi connectivity index (χ0v) is 21.2. The standard InChI is InChI=1S/C30H26N2O4S/c1-2-35-27-20-21(19-25-29(33)31-32(30(25)34)23-11-4-3-5-12-23)15-16-26(27)36-17-18-37-28-14-8-10-22-9-6-7-13-24(22)28/h3-16,19-20H,2,17-18H2,1H3,(H,31,33)/b25-19-. The van der Waals surface area contributed by atoms with Gasteiger partial charge in [-0.05, 0) is 59.7 Å². The monoisotopic (exact) mass is 510 g/mol. The van der Waals surface area contributed by atoms with Crippen molar-refractivity contribution in [2.24, 2.45) is 0 Å². The molecule has 6 nitrogen and oxygen atoms in total. The number of hydrogen-bond donors (Lipinski definition) is 1. The van der Waals surface area contributed by atoms with E-state index in [1.165, 1.54) is 20.7 Å². The first kappa shape index (κ1) is 24.5. The summed E-state index contributed by atoms with van der Waals surface area (Å²) < 4.78 is 11.8. The zero-order valence-electron chi connectivity index (χ0n) is 20.3. The second-order valence-electron chi connectivity index (χ2n) is 8.29. The van der Waals surface area contributed by atoms with E-state index in [4.69, 9.17) is 9.47 Å². The topological polar surface area (TPSA) is 67.9 Å². The van der Waals surface area contributed by atoms with Crippen LogP contribution in [-0.4, -0.2) is 30.8 Å². The normalized spacial score (nSPS) is 14.3. The molecule has 37 heavy (non-hydrogen) atoms. The van der Waals surface area contributed by atoms with E-state index in [1.807, 2.05) is 43.3 Å². The summed E-state index contributed by atoms with van der Waals surface area (Å²) in [5.41, 5.74) is 3.96. The summed E-state index contributed by atoms with van der Waals surface area (Å²) in [5.74, 6) is 1.11. The molecule has 2 amide bonds. The molecule has 1 fully saturated rings. The Kier molecular flexibility index (Phi) is 7.42. The third kappa shape index (κ3) is 5.47. The van der Waals surface area contributed by atoms with Gasteiger partial charge in [0.25, 0.3) is 11.8 Å². The maximum atomic E-state index is 12.9. The van der Waals surface area contributed by atoms with Gasteiger partial charge in [-0.25, -0.2) is 5.01 Å². The Bertz CT molecular complexity index is 1460. The number of benzene rings is 4. The first-order valence-electron chi connectivity index (χ1n) is 12.1. The highest BCUT2D eigenvalue weighted by Gasteiger charge is 2.34. The lowest BCUT2D eigenvalue weighted by atomic mass is 10.1. The van der Waals surface area contributed by atoms with Crippen molar-refractivity contribution in [2.75, 3.05) is 24.0 Å². The summed E-state index contributed by atoms with van der Waals surface area (Å²) in [7, 11) is 0. The number of nitrogens with one attached hydrogen (secondary N) is 1. The van der Waals surface area contributed by atoms with Gasteiger partial charge in [-0.2, -0.15) is 0 Å². The van der Waals surface area contributed by atoms with Crippen molar-refractivity contribution in [1.82, 2.24) is 5.43 Å². The van der Waals surface area contributed by atoms with E-state index in [0.717, 1.165) is 5.75 Å². The molecule has 0 aliphatic carbocycles. The Labute approximate surface area is 219 Å². The Hall–Kier alpha value is -4.23. The summed E-state index contributed by atoms with van der Waals surface area (Å²) in [4.78, 5) is 26.6. The smallest absolute Gasteiger partial charge is 0.282 e. The number of rotatable bonds is 9. The van der Waals surface area contributed by atoms with Crippen LogP contribution >= 0.6 is 11.8 Å². The van der Waals surface area contributed by atoms with Crippen LogP contribution in [-0.2, 0) is 9.59 Å². The van der Waals surface area contributed by atoms with Crippen molar-refractivity contribution in [3.05, 3.63) is 102 Å². The molecule has 0 bridgehead atoms. The number of hydrazine groups is 1. The molecule has 1 N–H and O–H groups in total. The fourth-order valence-electron chi connectivity index (χ4n) is 4.11. The Morgan fingerprint density at radius 3 is 2.49 bits per heavy atom. The second-order valence-corrected chi connectivity index (χ2v) is 9.43. The van der Waals surface area contributed by atoms with E-state index in [2.05, 4.69) is 41.8 Å². The van der Waals surface area contributed by atoms with Crippen LogP contribution in [0.5, 0.6) is 11.5 Å². The summed E-state index contributed by atoms with van der Waals surface area (Å²) in [5, 5.41) is 3.71. The van der Waals surface area contributed by atoms with Crippen LogP contribution < -0.4 is 19.9 Å². The van der Waals surface area contributed by atoms with Crippen molar-refractivity contribution < 1.29 is 19.1 Å². The molecular weight excluding hydrogens is 484 g/mol. The first-order valence-corrected chi connectivity index (χ1v) is 13.0. The van der Waals surface area contributed by atoms with Gasteiger partial charge in [0.1, 0.15) is 5.57 Å². The number of carbonyl (C=O) groups excluding carboxylic acids is 2. The molecule has 0 saturated carbocycles. The number of thioether (sulfide) groups is 1. The molecular formula is C30H26N2O4S. The van der Waals surface area contributed by atoms with Crippen LogP contribution in [0, 0.1) is 0 Å². The average molecular weight is 511 g/mol. The van der Waals surface area contributed by atoms with E-state index in [9.17, 15) is 9.59 Å². The van der Waals surface area contributed by atoms with Gasteiger partial charge in [0.2, 0.25) is 0 Å². The summed E-state index contributed by atoms with van der Waals surface area (Å²) in [6.45, 7) is 2.86. The van der Waals surface area contributed by atoms with Gasteiger partial charge in [0.15, 0.2) is 11.5 Å². The minimum absolute atomic E-state index is 0.0615. The Morgan fingerprint density at radius 1 is 0.865 bits per heavy atom. The third-order valence-electron chi connectivity index (χ3n) is 5.83. The van der Waals surface area contributed by atoms with Crippen LogP contribution in [0.25, 0.3) is 16.8 Å². The van der Waals surface area contributed by atoms with Crippen LogP contribution in [0.4, 0.5) is 5.69 Å². The fraction of sp³-hybridized carbons (Fsp3) is 0.133. The van der Waals surface area contributed by atoms with E-state index < -0.39 is 11.8 Å². The average Bonchev–Trinajstić information content (AvgIpc) is 3.21. The van der Waals surface area contributed by atoms with Gasteiger partial charge < -0.3 is 9.47 Å². The van der Waals surface area contributed by atoms with Gasteiger partial charge in [0, 0.05) is 10.6 Å². The minimum atomic E-state index is -0.447. The molecule has 7 heteroatoms. The number of ether oxygens (including phenoxy) is 2. The number of hydrogen-bond acceptors (Lipinski definition) is 5. The SMILES string of the molecule is CCOc1cc(/C=C2/C(=O)NN(c3ccccc3)C2=O)ccc1OCCSc1cccc2ccccc12. The van der Waals surface area contributed by atoms with Crippen molar-refractivity contribution in [1.29, 1.82) is 0 Å². The van der Waals surface area contributed by atoms with E-state index in [0.29, 0.717) is 36.0 Å². The lowest BCUT2D eigenvalue weighted by Crippen LogP contribution is -2.35. The molecule has 0 atom stereocenters. The molecule has 1 aliphatic heterocycles. The maximum Gasteiger partial charge on any atom is 0.282 e. The molecule has 186 valence electrons. The Morgan fingerprint density at radius 2 is 1.65 bits per heavy atom. The highest BCUT2D eigenvalue weighted by molar-refractivity contribution is 7.99. The van der Waals surface area contributed by atoms with Crippen LogP contribution in [0.3, 0.4) is 0 Å². The van der Waals surface area contributed by atoms with Crippen molar-refractivity contribution in [3.8, 4) is 11.5 Å². The molecule has 5 rings (SSSR count). The second kappa shape index (κ2) is 11.2. The molecule has 0 spiro atoms. The summed E-state index contributed by atoms with van der Waals surface area (Å²) in [6, 6.07) is 29.1. The fourth-order valence-corrected chi connectivity index (χ4v) is 5.01. The van der Waals surface area contributed by atoms with Gasteiger partial charge in [0.05, 0.1) is 18.9 Å². The molecule has 4 aromatic carbocycles. The highest BCUT2D eigenvalue weighted by Crippen LogP contribution is 2.32. The lowest BCUT2D eigenvalue weighted by molar-refractivity contribution is -0.117. The van der Waals surface area contributed by atoms with Gasteiger partial charge >= 0.3 is 0 Å². The predicted octanol–water partition coefficient (Wildman–Crippen LogP) is 5.87. The molecule has 1 saturated heterocycles. The van der Waals surface area contributed by atoms with Crippen molar-refractivity contribution >= 4 is 46.1 Å². The maximum absolute atomic E-state index is 12.9. The Balaban J connectivity index is 1.27. The van der Waals surface area contributed by atoms with Crippen LogP contribution in [0.2, 0.25) is 0 Å². The number of amides is 2. The molecule has 0 unspecified atom stereocenters. The van der Waals surface area contributed by atoms with Crippen LogP contribution in [0.15, 0.2) is 101 Å². The van der Waals surface area contributed by atoms with Gasteiger partial charge in [-0.15, -0.1) is 11.8 Å². The molecule has 0 radical (unpaired) electrons. The first-order chi connectivity index (χ1) is 18.1. The van der Waals surface area contributed by atoms with E-state index >= 15 is 0 Å². The van der Waals surface area contributed by atoms with Crippen molar-refractivity contribution in [3.63, 3.8) is 0 Å². The van der Waals surface area contributed by atoms with Gasteiger partial charge in [-0.3, -0.25) is 15.0 Å².